The molecule has 0 spiro atoms. The molecule has 5 nitrogen and oxygen atoms in total. The van der Waals surface area contributed by atoms with Crippen LogP contribution in [0.1, 0.15) is 19.8 Å². The highest BCUT2D eigenvalue weighted by Gasteiger charge is 2.40. The zero-order valence-electron chi connectivity index (χ0n) is 9.72. The highest BCUT2D eigenvalue weighted by Crippen LogP contribution is 2.29. The van der Waals surface area contributed by atoms with Crippen molar-refractivity contribution in [1.29, 1.82) is 0 Å². The summed E-state index contributed by atoms with van der Waals surface area (Å²) < 4.78 is 0. The normalized spacial score (nSPS) is 22.5. The summed E-state index contributed by atoms with van der Waals surface area (Å²) >= 11 is 0. The van der Waals surface area contributed by atoms with Crippen LogP contribution in [0.4, 0.5) is 4.79 Å². The molecule has 1 N–H and O–H groups in total. The first-order valence-electron chi connectivity index (χ1n) is 5.75. The molecule has 1 unspecified atom stereocenters. The van der Waals surface area contributed by atoms with Crippen molar-refractivity contribution in [3.05, 3.63) is 0 Å². The number of likely N-dealkylation sites (tertiary alicyclic amines) is 1. The van der Waals surface area contributed by atoms with Crippen LogP contribution >= 0.6 is 0 Å². The third-order valence-electron chi connectivity index (χ3n) is 3.67. The molecule has 1 aliphatic heterocycles. The number of aliphatic carboxylic acids is 1. The highest BCUT2D eigenvalue weighted by molar-refractivity contribution is 5.76. The van der Waals surface area contributed by atoms with Crippen molar-refractivity contribution in [2.75, 3.05) is 20.1 Å². The summed E-state index contributed by atoms with van der Waals surface area (Å²) in [7, 11) is 1.83. The maximum absolute atomic E-state index is 11.8. The fourth-order valence-corrected chi connectivity index (χ4v) is 2.03. The maximum atomic E-state index is 11.8. The van der Waals surface area contributed by atoms with Gasteiger partial charge in [-0.05, 0) is 12.8 Å². The molecule has 5 heteroatoms. The average molecular weight is 226 g/mol. The van der Waals surface area contributed by atoms with Gasteiger partial charge in [0.1, 0.15) is 0 Å². The van der Waals surface area contributed by atoms with Gasteiger partial charge in [-0.25, -0.2) is 4.79 Å². The Balaban J connectivity index is 1.79. The van der Waals surface area contributed by atoms with Gasteiger partial charge in [-0.2, -0.15) is 0 Å². The molecule has 0 aromatic carbocycles. The molecule has 1 saturated heterocycles. The Kier molecular flexibility index (Phi) is 2.78. The Hall–Kier alpha value is -1.26. The van der Waals surface area contributed by atoms with Crippen LogP contribution in [0.2, 0.25) is 0 Å². The van der Waals surface area contributed by atoms with E-state index in [2.05, 4.69) is 0 Å². The highest BCUT2D eigenvalue weighted by atomic mass is 16.4. The largest absolute Gasteiger partial charge is 0.481 e. The molecule has 16 heavy (non-hydrogen) atoms. The van der Waals surface area contributed by atoms with Gasteiger partial charge >= 0.3 is 12.0 Å². The summed E-state index contributed by atoms with van der Waals surface area (Å²) in [5.41, 5.74) is 0. The topological polar surface area (TPSA) is 60.9 Å². The molecule has 0 aromatic heterocycles. The van der Waals surface area contributed by atoms with Crippen molar-refractivity contribution >= 4 is 12.0 Å². The second-order valence-corrected chi connectivity index (χ2v) is 4.92. The minimum atomic E-state index is -0.771. The van der Waals surface area contributed by atoms with Crippen molar-refractivity contribution < 1.29 is 14.7 Å². The number of nitrogens with zero attached hydrogens (tertiary/aromatic N) is 2. The average Bonchev–Trinajstić information content (AvgIpc) is 2.96. The first-order chi connectivity index (χ1) is 7.50. The van der Waals surface area contributed by atoms with Gasteiger partial charge in [0.15, 0.2) is 0 Å². The lowest BCUT2D eigenvalue weighted by Gasteiger charge is -2.42. The molecule has 2 aliphatic rings. The predicted octanol–water partition coefficient (Wildman–Crippen LogP) is 0.853. The molecule has 0 aromatic rings. The molecule has 1 atom stereocenters. The van der Waals surface area contributed by atoms with E-state index >= 15 is 0 Å². The van der Waals surface area contributed by atoms with Crippen LogP contribution in [0.15, 0.2) is 0 Å². The number of rotatable bonds is 3. The van der Waals surface area contributed by atoms with E-state index in [1.54, 1.807) is 16.7 Å². The minimum Gasteiger partial charge on any atom is -0.481 e. The second-order valence-electron chi connectivity index (χ2n) is 4.92. The summed E-state index contributed by atoms with van der Waals surface area (Å²) in [5.74, 6) is -1.00. The lowest BCUT2D eigenvalue weighted by Crippen LogP contribution is -2.57. The molecule has 2 fully saturated rings. The summed E-state index contributed by atoms with van der Waals surface area (Å²) in [6.07, 6.45) is 2.20. The van der Waals surface area contributed by atoms with E-state index in [0.29, 0.717) is 19.1 Å². The zero-order chi connectivity index (χ0) is 11.9. The van der Waals surface area contributed by atoms with Crippen LogP contribution in [-0.4, -0.2) is 53.1 Å². The molecule has 2 amide bonds. The van der Waals surface area contributed by atoms with Gasteiger partial charge < -0.3 is 14.9 Å². The number of carbonyl (C=O) groups excluding carboxylic acids is 1. The van der Waals surface area contributed by atoms with Crippen LogP contribution < -0.4 is 0 Å². The number of carbonyl (C=O) groups is 2. The van der Waals surface area contributed by atoms with Crippen molar-refractivity contribution in [2.24, 2.45) is 11.8 Å². The van der Waals surface area contributed by atoms with E-state index in [1.807, 2.05) is 7.05 Å². The number of hydrogen-bond acceptors (Lipinski definition) is 2. The summed E-state index contributed by atoms with van der Waals surface area (Å²) in [5, 5.41) is 8.84. The summed E-state index contributed by atoms with van der Waals surface area (Å²) in [4.78, 5) is 26.1. The third-order valence-corrected chi connectivity index (χ3v) is 3.67. The molecular weight excluding hydrogens is 208 g/mol. The number of amides is 2. The molecule has 1 heterocycles. The van der Waals surface area contributed by atoms with Gasteiger partial charge in [-0.1, -0.05) is 6.92 Å². The fraction of sp³-hybridized carbons (Fsp3) is 0.818. The monoisotopic (exact) mass is 226 g/mol. The Morgan fingerprint density at radius 2 is 1.94 bits per heavy atom. The van der Waals surface area contributed by atoms with Crippen molar-refractivity contribution in [2.45, 2.75) is 25.8 Å². The van der Waals surface area contributed by atoms with Crippen LogP contribution in [0, 0.1) is 11.8 Å². The van der Waals surface area contributed by atoms with Crippen molar-refractivity contribution in [3.8, 4) is 0 Å². The SMILES string of the molecule is CC(C(=O)O)C1CN(C(=O)N(C)C2CC2)C1. The number of hydrogen-bond donors (Lipinski definition) is 1. The van der Waals surface area contributed by atoms with Gasteiger partial charge in [-0.15, -0.1) is 0 Å². The molecule has 0 bridgehead atoms. The molecule has 0 radical (unpaired) electrons. The smallest absolute Gasteiger partial charge is 0.320 e. The van der Waals surface area contributed by atoms with Crippen LogP contribution in [0.5, 0.6) is 0 Å². The Labute approximate surface area is 95.0 Å². The third kappa shape index (κ3) is 1.99. The molecule has 90 valence electrons. The van der Waals surface area contributed by atoms with Gasteiger partial charge in [0.2, 0.25) is 0 Å². The Morgan fingerprint density at radius 1 is 1.38 bits per heavy atom. The number of urea groups is 1. The standard InChI is InChI=1S/C11H18N2O3/c1-7(10(14)15)8-5-13(6-8)11(16)12(2)9-3-4-9/h7-9H,3-6H2,1-2H3,(H,14,15). The molecule has 1 aliphatic carbocycles. The van der Waals surface area contributed by atoms with Gasteiger partial charge in [0.05, 0.1) is 5.92 Å². The maximum Gasteiger partial charge on any atom is 0.320 e. The predicted molar refractivity (Wildman–Crippen MR) is 58.0 cm³/mol. The lowest BCUT2D eigenvalue weighted by atomic mass is 9.87. The van der Waals surface area contributed by atoms with E-state index in [0.717, 1.165) is 12.8 Å². The Morgan fingerprint density at radius 3 is 2.38 bits per heavy atom. The van der Waals surface area contributed by atoms with E-state index < -0.39 is 5.97 Å². The number of carboxylic acid groups (broad SMARTS) is 1. The van der Waals surface area contributed by atoms with Crippen molar-refractivity contribution in [3.63, 3.8) is 0 Å². The molecule has 2 rings (SSSR count). The summed E-state index contributed by atoms with van der Waals surface area (Å²) in [6.45, 7) is 2.88. The summed E-state index contributed by atoms with van der Waals surface area (Å²) in [6, 6.07) is 0.472. The quantitative estimate of drug-likeness (QED) is 0.776. The molecular formula is C11H18N2O3. The van der Waals surface area contributed by atoms with Gasteiger partial charge in [0.25, 0.3) is 0 Å². The lowest BCUT2D eigenvalue weighted by molar-refractivity contribution is -0.144. The first kappa shape index (κ1) is 11.2. The van der Waals surface area contributed by atoms with E-state index in [1.165, 1.54) is 0 Å². The van der Waals surface area contributed by atoms with Crippen LogP contribution in [-0.2, 0) is 4.79 Å². The second kappa shape index (κ2) is 3.96. The first-order valence-corrected chi connectivity index (χ1v) is 5.75. The minimum absolute atomic E-state index is 0.0522. The van der Waals surface area contributed by atoms with Gasteiger partial charge in [0, 0.05) is 32.1 Å². The zero-order valence-corrected chi connectivity index (χ0v) is 9.72. The van der Waals surface area contributed by atoms with Crippen LogP contribution in [0.3, 0.4) is 0 Å². The molecule has 1 saturated carbocycles. The van der Waals surface area contributed by atoms with Crippen molar-refractivity contribution in [1.82, 2.24) is 9.80 Å². The Bertz CT molecular complexity index is 308. The van der Waals surface area contributed by atoms with E-state index in [9.17, 15) is 9.59 Å². The van der Waals surface area contributed by atoms with E-state index in [4.69, 9.17) is 5.11 Å². The number of carboxylic acids is 1. The fourth-order valence-electron chi connectivity index (χ4n) is 2.03. The van der Waals surface area contributed by atoms with Crippen LogP contribution in [0.25, 0.3) is 0 Å². The van der Waals surface area contributed by atoms with Gasteiger partial charge in [-0.3, -0.25) is 4.79 Å². The van der Waals surface area contributed by atoms with E-state index in [-0.39, 0.29) is 17.9 Å².